The van der Waals surface area contributed by atoms with Crippen molar-refractivity contribution in [2.45, 2.75) is 57.5 Å². The predicted molar refractivity (Wildman–Crippen MR) is 160 cm³/mol. The Balaban J connectivity index is 1.71. The molecule has 0 unspecified atom stereocenters. The van der Waals surface area contributed by atoms with Gasteiger partial charge in [0.15, 0.2) is 19.7 Å². The standard InChI is InChI=1S/C28H33Cl2F3N2O7S2/c1-5-44(40,41)24-7-6-20(29)8-19(24)11-34-26(37)18-9-22(28(31,32)33)21(23(30)10-18)14-35-12-17(13-35)15-43(38,39)16-25(36)42-27(2,3)4/h6-10,17H,5,11-16H2,1-4H3,(H,34,37). The van der Waals surface area contributed by atoms with Crippen LogP contribution in [0.25, 0.3) is 0 Å². The van der Waals surface area contributed by atoms with Crippen LogP contribution in [-0.2, 0) is 48.5 Å². The fourth-order valence-corrected chi connectivity index (χ4v) is 7.76. The van der Waals surface area contributed by atoms with Crippen molar-refractivity contribution >= 4 is 54.8 Å². The fraction of sp³-hybridized carbons (Fsp3) is 0.500. The third-order valence-corrected chi connectivity index (χ3v) is 10.7. The molecule has 1 aliphatic heterocycles. The van der Waals surface area contributed by atoms with Crippen molar-refractivity contribution in [2.75, 3.05) is 30.3 Å². The first-order chi connectivity index (χ1) is 20.1. The molecule has 0 saturated carbocycles. The maximum atomic E-state index is 14.1. The number of sulfone groups is 2. The number of carbonyl (C=O) groups excluding carboxylic acids is 2. The van der Waals surface area contributed by atoms with Crippen molar-refractivity contribution in [1.29, 1.82) is 0 Å². The minimum absolute atomic E-state index is 0.0560. The lowest BCUT2D eigenvalue weighted by Gasteiger charge is -2.39. The highest BCUT2D eigenvalue weighted by atomic mass is 35.5. The van der Waals surface area contributed by atoms with Crippen molar-refractivity contribution < 1.29 is 44.3 Å². The van der Waals surface area contributed by atoms with E-state index in [1.54, 1.807) is 25.7 Å². The van der Waals surface area contributed by atoms with Gasteiger partial charge in [-0.25, -0.2) is 16.8 Å². The van der Waals surface area contributed by atoms with Gasteiger partial charge >= 0.3 is 12.1 Å². The monoisotopic (exact) mass is 700 g/mol. The van der Waals surface area contributed by atoms with Crippen LogP contribution in [0.15, 0.2) is 35.2 Å². The van der Waals surface area contributed by atoms with Gasteiger partial charge in [0.1, 0.15) is 11.4 Å². The Hall–Kier alpha value is -2.39. The largest absolute Gasteiger partial charge is 0.459 e. The third-order valence-electron chi connectivity index (χ3n) is 6.60. The van der Waals surface area contributed by atoms with Gasteiger partial charge in [-0.2, -0.15) is 13.2 Å². The molecule has 44 heavy (non-hydrogen) atoms. The van der Waals surface area contributed by atoms with Crippen LogP contribution in [0.3, 0.4) is 0 Å². The van der Waals surface area contributed by atoms with E-state index in [0.717, 1.165) is 6.07 Å². The zero-order valence-corrected chi connectivity index (χ0v) is 27.6. The average molecular weight is 702 g/mol. The Bertz CT molecular complexity index is 1640. The van der Waals surface area contributed by atoms with Crippen LogP contribution in [0.1, 0.15) is 54.7 Å². The Labute approximate surface area is 264 Å². The summed E-state index contributed by atoms with van der Waals surface area (Å²) in [4.78, 5) is 26.3. The molecule has 244 valence electrons. The second kappa shape index (κ2) is 13.5. The lowest BCUT2D eigenvalue weighted by atomic mass is 9.98. The number of halogens is 5. The molecule has 9 nitrogen and oxygen atoms in total. The van der Waals surface area contributed by atoms with Gasteiger partial charge < -0.3 is 10.1 Å². The van der Waals surface area contributed by atoms with E-state index in [1.807, 2.05) is 0 Å². The van der Waals surface area contributed by atoms with Gasteiger partial charge in [-0.15, -0.1) is 0 Å². The number of benzene rings is 2. The summed E-state index contributed by atoms with van der Waals surface area (Å²) in [6, 6.07) is 5.79. The normalized spacial score (nSPS) is 15.1. The number of hydrogen-bond acceptors (Lipinski definition) is 8. The van der Waals surface area contributed by atoms with E-state index in [4.69, 9.17) is 27.9 Å². The van der Waals surface area contributed by atoms with E-state index in [0.29, 0.717) is 6.07 Å². The summed E-state index contributed by atoms with van der Waals surface area (Å²) in [5.74, 6) is -3.51. The summed E-state index contributed by atoms with van der Waals surface area (Å²) in [5, 5.41) is 2.33. The summed E-state index contributed by atoms with van der Waals surface area (Å²) < 4.78 is 97.0. The maximum Gasteiger partial charge on any atom is 0.416 e. The third kappa shape index (κ3) is 9.80. The van der Waals surface area contributed by atoms with E-state index in [9.17, 15) is 39.6 Å². The number of alkyl halides is 3. The van der Waals surface area contributed by atoms with E-state index in [1.165, 1.54) is 25.1 Å². The van der Waals surface area contributed by atoms with Crippen LogP contribution < -0.4 is 5.32 Å². The molecular weight excluding hydrogens is 668 g/mol. The number of esters is 1. The highest BCUT2D eigenvalue weighted by Gasteiger charge is 2.38. The zero-order chi connectivity index (χ0) is 33.3. The van der Waals surface area contributed by atoms with Crippen molar-refractivity contribution in [3.05, 3.63) is 62.6 Å². The van der Waals surface area contributed by atoms with Gasteiger partial charge in [-0.05, 0) is 68.1 Å². The molecule has 1 saturated heterocycles. The molecule has 1 amide bonds. The molecule has 0 spiro atoms. The summed E-state index contributed by atoms with van der Waals surface area (Å²) >= 11 is 12.2. The van der Waals surface area contributed by atoms with E-state index < -0.39 is 60.6 Å². The predicted octanol–water partition coefficient (Wildman–Crippen LogP) is 4.92. The van der Waals surface area contributed by atoms with Gasteiger partial charge in [0.2, 0.25) is 0 Å². The average Bonchev–Trinajstić information content (AvgIpc) is 2.84. The second-order valence-electron chi connectivity index (χ2n) is 11.5. The number of nitrogens with zero attached hydrogens (tertiary/aromatic N) is 1. The van der Waals surface area contributed by atoms with E-state index in [-0.39, 0.29) is 69.3 Å². The molecule has 2 aromatic carbocycles. The number of hydrogen-bond donors (Lipinski definition) is 1. The van der Waals surface area contributed by atoms with Gasteiger partial charge in [0.25, 0.3) is 5.91 Å². The summed E-state index contributed by atoms with van der Waals surface area (Å²) in [6.07, 6.45) is -4.87. The number of likely N-dealkylation sites (tertiary alicyclic amines) is 1. The van der Waals surface area contributed by atoms with Crippen molar-refractivity contribution in [2.24, 2.45) is 5.92 Å². The zero-order valence-electron chi connectivity index (χ0n) is 24.4. The van der Waals surface area contributed by atoms with E-state index >= 15 is 0 Å². The van der Waals surface area contributed by atoms with Crippen molar-refractivity contribution in [1.82, 2.24) is 10.2 Å². The van der Waals surface area contributed by atoms with Crippen LogP contribution in [0.2, 0.25) is 10.0 Å². The summed E-state index contributed by atoms with van der Waals surface area (Å²) in [5.41, 5.74) is -2.47. The number of ether oxygens (including phenoxy) is 1. The molecule has 0 atom stereocenters. The molecule has 1 N–H and O–H groups in total. The maximum absolute atomic E-state index is 14.1. The van der Waals surface area contributed by atoms with Crippen LogP contribution in [0.5, 0.6) is 0 Å². The molecule has 1 fully saturated rings. The topological polar surface area (TPSA) is 127 Å². The van der Waals surface area contributed by atoms with Gasteiger partial charge in [-0.3, -0.25) is 14.5 Å². The Morgan fingerprint density at radius 2 is 1.68 bits per heavy atom. The SMILES string of the molecule is CCS(=O)(=O)c1ccc(Cl)cc1CNC(=O)c1cc(Cl)c(CN2CC(CS(=O)(=O)CC(=O)OC(C)(C)C)C2)c(C(F)(F)F)c1. The molecule has 0 bridgehead atoms. The van der Waals surface area contributed by atoms with Gasteiger partial charge in [-0.1, -0.05) is 30.1 Å². The Kier molecular flexibility index (Phi) is 11.1. The molecule has 1 aliphatic rings. The summed E-state index contributed by atoms with van der Waals surface area (Å²) in [7, 11) is -7.47. The van der Waals surface area contributed by atoms with E-state index in [2.05, 4.69) is 5.32 Å². The molecule has 2 aromatic rings. The molecule has 16 heteroatoms. The first-order valence-electron chi connectivity index (χ1n) is 13.4. The lowest BCUT2D eigenvalue weighted by Crippen LogP contribution is -2.49. The van der Waals surface area contributed by atoms with Crippen LogP contribution >= 0.6 is 23.2 Å². The Morgan fingerprint density at radius 3 is 2.25 bits per heavy atom. The molecule has 0 aliphatic carbocycles. The lowest BCUT2D eigenvalue weighted by molar-refractivity contribution is -0.151. The minimum atomic E-state index is -4.87. The van der Waals surface area contributed by atoms with Crippen molar-refractivity contribution in [3.8, 4) is 0 Å². The fourth-order valence-electron chi connectivity index (χ4n) is 4.71. The molecule has 0 radical (unpaired) electrons. The molecular formula is C28H33Cl2F3N2O7S2. The van der Waals surface area contributed by atoms with Crippen LogP contribution in [-0.4, -0.2) is 69.6 Å². The summed E-state index contributed by atoms with van der Waals surface area (Å²) in [6.45, 7) is 6.03. The molecule has 0 aromatic heterocycles. The number of amides is 1. The van der Waals surface area contributed by atoms with Gasteiger partial charge in [0, 0.05) is 41.8 Å². The second-order valence-corrected chi connectivity index (χ2v) is 16.7. The van der Waals surface area contributed by atoms with Gasteiger partial charge in [0.05, 0.1) is 22.0 Å². The van der Waals surface area contributed by atoms with Crippen LogP contribution in [0, 0.1) is 5.92 Å². The number of nitrogens with one attached hydrogen (secondary N) is 1. The minimum Gasteiger partial charge on any atom is -0.459 e. The van der Waals surface area contributed by atoms with Crippen LogP contribution in [0.4, 0.5) is 13.2 Å². The molecule has 3 rings (SSSR count). The smallest absolute Gasteiger partial charge is 0.416 e. The Morgan fingerprint density at radius 1 is 1.05 bits per heavy atom. The quantitative estimate of drug-likeness (QED) is 0.327. The highest BCUT2D eigenvalue weighted by molar-refractivity contribution is 7.92. The van der Waals surface area contributed by atoms with Crippen molar-refractivity contribution in [3.63, 3.8) is 0 Å². The number of rotatable bonds is 11. The highest BCUT2D eigenvalue weighted by Crippen LogP contribution is 2.38. The first-order valence-corrected chi connectivity index (χ1v) is 17.7. The first kappa shape index (κ1) is 36.1. The number of carbonyl (C=O) groups is 2. The molecule has 1 heterocycles.